The number of hydrogen-bond acceptors (Lipinski definition) is 5. The van der Waals surface area contributed by atoms with Gasteiger partial charge in [-0.3, -0.25) is 19.2 Å². The summed E-state index contributed by atoms with van der Waals surface area (Å²) in [5.74, 6) is 0.444. The molecule has 0 bridgehead atoms. The van der Waals surface area contributed by atoms with Crippen LogP contribution in [0.15, 0.2) is 60.1 Å². The van der Waals surface area contributed by atoms with Crippen LogP contribution in [0, 0.1) is 13.8 Å². The molecule has 0 atom stereocenters. The summed E-state index contributed by atoms with van der Waals surface area (Å²) in [4.78, 5) is 23.8. The zero-order valence-electron chi connectivity index (χ0n) is 18.1. The number of aryl methyl sites for hydroxylation is 1. The minimum Gasteiger partial charge on any atom is -0.353 e. The number of piperidine rings is 1. The van der Waals surface area contributed by atoms with E-state index in [1.165, 1.54) is 22.9 Å². The lowest BCUT2D eigenvalue weighted by atomic mass is 10.0. The Morgan fingerprint density at radius 1 is 1.10 bits per heavy atom. The largest absolute Gasteiger partial charge is 0.353 e. The van der Waals surface area contributed by atoms with E-state index in [0.29, 0.717) is 5.75 Å². The van der Waals surface area contributed by atoms with Crippen LogP contribution in [0.3, 0.4) is 0 Å². The maximum atomic E-state index is 12.6. The molecule has 1 aromatic carbocycles. The summed E-state index contributed by atoms with van der Waals surface area (Å²) >= 11 is 1.48. The molecular formula is C24H29N5OS. The molecule has 1 fully saturated rings. The lowest BCUT2D eigenvalue weighted by Gasteiger charge is -2.32. The maximum Gasteiger partial charge on any atom is 0.230 e. The van der Waals surface area contributed by atoms with E-state index in [4.69, 9.17) is 0 Å². The predicted molar refractivity (Wildman–Crippen MR) is 124 cm³/mol. The highest BCUT2D eigenvalue weighted by Gasteiger charge is 2.21. The first-order valence-electron chi connectivity index (χ1n) is 10.7. The van der Waals surface area contributed by atoms with E-state index >= 15 is 0 Å². The lowest BCUT2D eigenvalue weighted by Crippen LogP contribution is -2.44. The van der Waals surface area contributed by atoms with Crippen LogP contribution >= 0.6 is 11.8 Å². The number of carbonyl (C=O) groups excluding carboxylic acids is 1. The van der Waals surface area contributed by atoms with E-state index in [9.17, 15) is 4.79 Å². The molecule has 162 valence electrons. The van der Waals surface area contributed by atoms with Crippen LogP contribution in [0.1, 0.15) is 29.7 Å². The van der Waals surface area contributed by atoms with Crippen molar-refractivity contribution in [3.05, 3.63) is 71.8 Å². The molecule has 0 unspecified atom stereocenters. The molecule has 1 N–H and O–H groups in total. The molecule has 6 nitrogen and oxygen atoms in total. The summed E-state index contributed by atoms with van der Waals surface area (Å²) in [5.41, 5.74) is 4.68. The molecule has 1 aliphatic heterocycles. The lowest BCUT2D eigenvalue weighted by molar-refractivity contribution is -0.119. The molecule has 3 heterocycles. The Hall–Kier alpha value is -2.64. The normalized spacial score (nSPS) is 15.2. The molecule has 0 radical (unpaired) electrons. The summed E-state index contributed by atoms with van der Waals surface area (Å²) in [7, 11) is 0. The predicted octanol–water partition coefficient (Wildman–Crippen LogP) is 3.76. The first-order valence-corrected chi connectivity index (χ1v) is 11.7. The second-order valence-electron chi connectivity index (χ2n) is 8.03. The number of nitrogens with zero attached hydrogens (tertiary/aromatic N) is 4. The number of nitrogens with one attached hydrogen (secondary N) is 1. The van der Waals surface area contributed by atoms with Gasteiger partial charge in [-0.25, -0.2) is 4.98 Å². The molecular weight excluding hydrogens is 406 g/mol. The number of carbonyl (C=O) groups is 1. The van der Waals surface area contributed by atoms with E-state index in [1.807, 2.05) is 24.5 Å². The average Bonchev–Trinajstić information content (AvgIpc) is 3.25. The molecule has 1 saturated heterocycles. The molecule has 1 aliphatic rings. The summed E-state index contributed by atoms with van der Waals surface area (Å²) in [6.07, 6.45) is 7.53. The molecule has 0 spiro atoms. The van der Waals surface area contributed by atoms with Crippen molar-refractivity contribution in [1.29, 1.82) is 0 Å². The van der Waals surface area contributed by atoms with Crippen molar-refractivity contribution in [2.24, 2.45) is 0 Å². The van der Waals surface area contributed by atoms with Crippen molar-refractivity contribution in [2.45, 2.75) is 44.4 Å². The Bertz CT molecular complexity index is 1010. The van der Waals surface area contributed by atoms with Gasteiger partial charge in [-0.2, -0.15) is 0 Å². The Morgan fingerprint density at radius 3 is 2.71 bits per heavy atom. The quantitative estimate of drug-likeness (QED) is 0.573. The highest BCUT2D eigenvalue weighted by molar-refractivity contribution is 7.99. The first-order chi connectivity index (χ1) is 15.1. The highest BCUT2D eigenvalue weighted by atomic mass is 32.2. The standard InChI is InChI=1S/C24H29N5OS/c1-18-6-5-8-22(19(18)2)29-15-12-26-24(29)31-17-23(30)27-20-9-13-28(14-10-20)16-21-7-3-4-11-25-21/h3-8,11-12,15,20H,9-10,13-14,16-17H2,1-2H3,(H,27,30). The number of pyridine rings is 1. The van der Waals surface area contributed by atoms with Crippen LogP contribution in [-0.4, -0.2) is 50.2 Å². The number of rotatable bonds is 7. The van der Waals surface area contributed by atoms with Crippen LogP contribution in [0.25, 0.3) is 5.69 Å². The van der Waals surface area contributed by atoms with Gasteiger partial charge >= 0.3 is 0 Å². The van der Waals surface area contributed by atoms with Crippen molar-refractivity contribution >= 4 is 17.7 Å². The van der Waals surface area contributed by atoms with Gasteiger partial charge in [0.25, 0.3) is 0 Å². The number of likely N-dealkylation sites (tertiary alicyclic amines) is 1. The van der Waals surface area contributed by atoms with E-state index < -0.39 is 0 Å². The smallest absolute Gasteiger partial charge is 0.230 e. The number of benzene rings is 1. The third kappa shape index (κ3) is 5.54. The first kappa shape index (κ1) is 21.6. The van der Waals surface area contributed by atoms with Crippen molar-refractivity contribution < 1.29 is 4.79 Å². The van der Waals surface area contributed by atoms with Gasteiger partial charge in [0.1, 0.15) is 0 Å². The van der Waals surface area contributed by atoms with E-state index in [1.54, 1.807) is 6.20 Å². The van der Waals surface area contributed by atoms with Gasteiger partial charge < -0.3 is 5.32 Å². The van der Waals surface area contributed by atoms with Crippen molar-refractivity contribution in [3.8, 4) is 5.69 Å². The van der Waals surface area contributed by atoms with Crippen LogP contribution in [0.4, 0.5) is 0 Å². The average molecular weight is 436 g/mol. The highest BCUT2D eigenvalue weighted by Crippen LogP contribution is 2.24. The molecule has 0 saturated carbocycles. The van der Waals surface area contributed by atoms with Gasteiger partial charge in [-0.15, -0.1) is 0 Å². The minimum absolute atomic E-state index is 0.0729. The molecule has 7 heteroatoms. The summed E-state index contributed by atoms with van der Waals surface area (Å²) in [5, 5.41) is 4.05. The topological polar surface area (TPSA) is 63.1 Å². The van der Waals surface area contributed by atoms with E-state index in [0.717, 1.165) is 49.0 Å². The van der Waals surface area contributed by atoms with Crippen molar-refractivity contribution in [1.82, 2.24) is 24.8 Å². The van der Waals surface area contributed by atoms with Crippen LogP contribution in [0.2, 0.25) is 0 Å². The van der Waals surface area contributed by atoms with Crippen LogP contribution in [0.5, 0.6) is 0 Å². The Morgan fingerprint density at radius 2 is 1.94 bits per heavy atom. The van der Waals surface area contributed by atoms with Crippen molar-refractivity contribution in [2.75, 3.05) is 18.8 Å². The fraction of sp³-hybridized carbons (Fsp3) is 0.375. The number of thioether (sulfide) groups is 1. The van der Waals surface area contributed by atoms with Gasteiger partial charge in [-0.1, -0.05) is 30.0 Å². The fourth-order valence-electron chi connectivity index (χ4n) is 3.93. The number of imidazole rings is 1. The molecule has 3 aromatic rings. The maximum absolute atomic E-state index is 12.6. The monoisotopic (exact) mass is 435 g/mol. The summed E-state index contributed by atoms with van der Waals surface area (Å²) in [6, 6.07) is 12.5. The minimum atomic E-state index is 0.0729. The SMILES string of the molecule is Cc1cccc(-n2ccnc2SCC(=O)NC2CCN(Cc3ccccn3)CC2)c1C. The molecule has 0 aliphatic carbocycles. The second kappa shape index (κ2) is 10.1. The fourth-order valence-corrected chi connectivity index (χ4v) is 4.71. The Kier molecular flexibility index (Phi) is 7.04. The van der Waals surface area contributed by atoms with Crippen LogP contribution in [-0.2, 0) is 11.3 Å². The Labute approximate surface area is 188 Å². The van der Waals surface area contributed by atoms with Gasteiger partial charge in [0.05, 0.1) is 17.1 Å². The summed E-state index contributed by atoms with van der Waals surface area (Å²) in [6.45, 7) is 7.06. The zero-order chi connectivity index (χ0) is 21.6. The molecule has 2 aromatic heterocycles. The third-order valence-corrected chi connectivity index (χ3v) is 6.81. The number of aromatic nitrogens is 3. The molecule has 1 amide bonds. The number of amides is 1. The van der Waals surface area contributed by atoms with Crippen molar-refractivity contribution in [3.63, 3.8) is 0 Å². The van der Waals surface area contributed by atoms with E-state index in [-0.39, 0.29) is 11.9 Å². The van der Waals surface area contributed by atoms with Gasteiger partial charge in [0.2, 0.25) is 5.91 Å². The van der Waals surface area contributed by atoms with Gasteiger partial charge in [-0.05, 0) is 56.0 Å². The number of hydrogen-bond donors (Lipinski definition) is 1. The third-order valence-electron chi connectivity index (χ3n) is 5.84. The van der Waals surface area contributed by atoms with Gasteiger partial charge in [0.15, 0.2) is 5.16 Å². The van der Waals surface area contributed by atoms with E-state index in [2.05, 4.69) is 62.9 Å². The summed E-state index contributed by atoms with van der Waals surface area (Å²) < 4.78 is 2.07. The molecule has 4 rings (SSSR count). The Balaban J connectivity index is 1.26. The van der Waals surface area contributed by atoms with Gasteiger partial charge in [0, 0.05) is 44.3 Å². The van der Waals surface area contributed by atoms with Crippen LogP contribution < -0.4 is 5.32 Å². The second-order valence-corrected chi connectivity index (χ2v) is 8.97. The zero-order valence-corrected chi connectivity index (χ0v) is 18.9. The molecule has 31 heavy (non-hydrogen) atoms.